The van der Waals surface area contributed by atoms with Gasteiger partial charge in [-0.3, -0.25) is 14.7 Å². The summed E-state index contributed by atoms with van der Waals surface area (Å²) < 4.78 is 42.3. The average Bonchev–Trinajstić information content (AvgIpc) is 3.34. The first-order valence-corrected chi connectivity index (χ1v) is 12.9. The molecule has 1 atom stereocenters. The largest absolute Gasteiger partial charge is 0.387 e. The van der Waals surface area contributed by atoms with Gasteiger partial charge in [-0.15, -0.1) is 0 Å². The Bertz CT molecular complexity index is 1620. The zero-order valence-corrected chi connectivity index (χ0v) is 22.4. The number of hydrogen-bond acceptors (Lipinski definition) is 7. The van der Waals surface area contributed by atoms with Crippen LogP contribution in [0.1, 0.15) is 35.3 Å². The lowest BCUT2D eigenvalue weighted by Crippen LogP contribution is -2.55. The predicted molar refractivity (Wildman–Crippen MR) is 147 cm³/mol. The second kappa shape index (κ2) is 10.8. The topological polar surface area (TPSA) is 119 Å². The lowest BCUT2D eigenvalue weighted by molar-refractivity contribution is -0.133. The van der Waals surface area contributed by atoms with Gasteiger partial charge in [0, 0.05) is 18.4 Å². The number of rotatable bonds is 9. The first-order valence-electron chi connectivity index (χ1n) is 12.9. The Hall–Kier alpha value is -4.47. The molecule has 1 aromatic carbocycles. The molecule has 1 fully saturated rings. The van der Waals surface area contributed by atoms with Crippen LogP contribution in [0, 0.1) is 11.3 Å². The second-order valence-electron chi connectivity index (χ2n) is 10.7. The first kappa shape index (κ1) is 28.1. The number of halogens is 3. The van der Waals surface area contributed by atoms with Crippen molar-refractivity contribution in [2.45, 2.75) is 38.1 Å². The van der Waals surface area contributed by atoms with Gasteiger partial charge in [0.05, 0.1) is 65.2 Å². The van der Waals surface area contributed by atoms with Gasteiger partial charge in [-0.25, -0.2) is 17.7 Å². The number of pyridine rings is 1. The number of nitrogens with one attached hydrogen (secondary N) is 2. The van der Waals surface area contributed by atoms with E-state index in [-0.39, 0.29) is 18.7 Å². The quantitative estimate of drug-likeness (QED) is 0.278. The SMILES string of the molecule is CC(C)(O)[C@H](F)CNC(=O)c1cnc(-c2ccc3cc(C#N)cnn23)cc1Nc1ccc(CN2CC(F)(F)C2)cc1. The molecule has 0 unspecified atom stereocenters. The summed E-state index contributed by atoms with van der Waals surface area (Å²) in [6.45, 7) is 2.11. The summed E-state index contributed by atoms with van der Waals surface area (Å²) in [7, 11) is 0. The molecule has 4 heterocycles. The number of likely N-dealkylation sites (tertiary alicyclic amines) is 1. The van der Waals surface area contributed by atoms with Gasteiger partial charge in [-0.05, 0) is 55.8 Å². The summed E-state index contributed by atoms with van der Waals surface area (Å²) in [6.07, 6.45) is 1.12. The van der Waals surface area contributed by atoms with E-state index >= 15 is 0 Å². The van der Waals surface area contributed by atoms with Crippen molar-refractivity contribution in [3.8, 4) is 17.5 Å². The maximum Gasteiger partial charge on any atom is 0.272 e. The normalized spacial score (nSPS) is 15.6. The average molecular weight is 564 g/mol. The maximum absolute atomic E-state index is 14.3. The third kappa shape index (κ3) is 6.32. The van der Waals surface area contributed by atoms with Crippen molar-refractivity contribution in [1.82, 2.24) is 24.8 Å². The molecule has 0 radical (unpaired) electrons. The highest BCUT2D eigenvalue weighted by Crippen LogP contribution is 2.30. The molecule has 1 amide bonds. The minimum atomic E-state index is -2.63. The molecular formula is C29H28F3N7O2. The van der Waals surface area contributed by atoms with Gasteiger partial charge in [0.2, 0.25) is 0 Å². The van der Waals surface area contributed by atoms with Gasteiger partial charge in [0.15, 0.2) is 0 Å². The highest BCUT2D eigenvalue weighted by atomic mass is 19.3. The van der Waals surface area contributed by atoms with Crippen molar-refractivity contribution in [2.75, 3.05) is 25.0 Å². The Morgan fingerprint density at radius 3 is 2.56 bits per heavy atom. The number of aliphatic hydroxyl groups is 1. The monoisotopic (exact) mass is 563 g/mol. The molecule has 0 bridgehead atoms. The lowest BCUT2D eigenvalue weighted by atomic mass is 10.0. The summed E-state index contributed by atoms with van der Waals surface area (Å²) >= 11 is 0. The molecule has 41 heavy (non-hydrogen) atoms. The predicted octanol–water partition coefficient (Wildman–Crippen LogP) is 4.30. The number of nitriles is 1. The molecule has 212 valence electrons. The molecule has 12 heteroatoms. The van der Waals surface area contributed by atoms with Gasteiger partial charge in [0.25, 0.3) is 11.8 Å². The highest BCUT2D eigenvalue weighted by Gasteiger charge is 2.43. The van der Waals surface area contributed by atoms with Crippen LogP contribution in [0.2, 0.25) is 0 Å². The molecule has 1 aliphatic heterocycles. The molecule has 0 aliphatic carbocycles. The lowest BCUT2D eigenvalue weighted by Gasteiger charge is -2.38. The molecule has 5 rings (SSSR count). The number of aromatic nitrogens is 3. The van der Waals surface area contributed by atoms with Gasteiger partial charge in [-0.1, -0.05) is 12.1 Å². The van der Waals surface area contributed by atoms with Crippen LogP contribution in [0.4, 0.5) is 24.5 Å². The van der Waals surface area contributed by atoms with Crippen molar-refractivity contribution >= 4 is 22.8 Å². The Balaban J connectivity index is 1.42. The minimum absolute atomic E-state index is 0.143. The number of carbonyl (C=O) groups is 1. The van der Waals surface area contributed by atoms with E-state index in [1.807, 2.05) is 12.1 Å². The van der Waals surface area contributed by atoms with E-state index in [9.17, 15) is 28.3 Å². The van der Waals surface area contributed by atoms with Crippen molar-refractivity contribution in [1.29, 1.82) is 5.26 Å². The standard InChI is InChI=1S/C29H28F3N7O2/c1-28(2,41)26(30)14-35-27(40)22-13-34-24(25-8-7-21-9-19(11-33)12-36-39(21)25)10-23(22)37-20-5-3-18(4-6-20)15-38-16-29(31,32)17-38/h3-10,12-13,26,41H,14-17H2,1-2H3,(H,34,37)(H,35,40)/t26-/m1/s1. The summed E-state index contributed by atoms with van der Waals surface area (Å²) in [6, 6.07) is 16.2. The van der Waals surface area contributed by atoms with Gasteiger partial charge >= 0.3 is 0 Å². The summed E-state index contributed by atoms with van der Waals surface area (Å²) in [5.74, 6) is -3.23. The van der Waals surface area contributed by atoms with Crippen molar-refractivity contribution < 1.29 is 23.1 Å². The van der Waals surface area contributed by atoms with Crippen LogP contribution >= 0.6 is 0 Å². The molecule has 0 spiro atoms. The van der Waals surface area contributed by atoms with E-state index in [2.05, 4.69) is 26.8 Å². The van der Waals surface area contributed by atoms with Crippen LogP contribution < -0.4 is 10.6 Å². The van der Waals surface area contributed by atoms with E-state index < -0.39 is 30.1 Å². The molecule has 3 N–H and O–H groups in total. The van der Waals surface area contributed by atoms with E-state index in [4.69, 9.17) is 0 Å². The molecule has 0 saturated carbocycles. The van der Waals surface area contributed by atoms with Gasteiger partial charge in [-0.2, -0.15) is 10.4 Å². The van der Waals surface area contributed by atoms with E-state index in [1.54, 1.807) is 45.8 Å². The molecular weight excluding hydrogens is 535 g/mol. The Kier molecular flexibility index (Phi) is 7.42. The Morgan fingerprint density at radius 1 is 1.17 bits per heavy atom. The van der Waals surface area contributed by atoms with Crippen LogP contribution in [0.5, 0.6) is 0 Å². The molecule has 1 aliphatic rings. The number of carbonyl (C=O) groups excluding carboxylic acids is 1. The van der Waals surface area contributed by atoms with Gasteiger partial charge < -0.3 is 15.7 Å². The molecule has 3 aromatic heterocycles. The molecule has 9 nitrogen and oxygen atoms in total. The zero-order chi connectivity index (χ0) is 29.4. The smallest absolute Gasteiger partial charge is 0.272 e. The van der Waals surface area contributed by atoms with Crippen LogP contribution in [0.15, 0.2) is 60.9 Å². The number of nitrogens with zero attached hydrogens (tertiary/aromatic N) is 5. The van der Waals surface area contributed by atoms with E-state index in [0.717, 1.165) is 5.56 Å². The van der Waals surface area contributed by atoms with Crippen LogP contribution in [0.3, 0.4) is 0 Å². The fourth-order valence-corrected chi connectivity index (χ4v) is 4.49. The number of amides is 1. The van der Waals surface area contributed by atoms with Crippen molar-refractivity contribution in [3.63, 3.8) is 0 Å². The van der Waals surface area contributed by atoms with Crippen molar-refractivity contribution in [2.24, 2.45) is 0 Å². The van der Waals surface area contributed by atoms with E-state index in [1.165, 1.54) is 26.2 Å². The molecule has 1 saturated heterocycles. The number of benzene rings is 1. The van der Waals surface area contributed by atoms with Gasteiger partial charge in [0.1, 0.15) is 12.2 Å². The minimum Gasteiger partial charge on any atom is -0.387 e. The third-order valence-corrected chi connectivity index (χ3v) is 6.80. The number of alkyl halides is 3. The number of anilines is 2. The van der Waals surface area contributed by atoms with Crippen molar-refractivity contribution in [3.05, 3.63) is 77.6 Å². The number of hydrogen-bond donors (Lipinski definition) is 3. The third-order valence-electron chi connectivity index (χ3n) is 6.80. The molecule has 4 aromatic rings. The summed E-state index contributed by atoms with van der Waals surface area (Å²) in [5.41, 5.74) is 2.59. The Labute approximate surface area is 234 Å². The zero-order valence-electron chi connectivity index (χ0n) is 22.4. The van der Waals surface area contributed by atoms with Crippen LogP contribution in [-0.4, -0.2) is 67.8 Å². The maximum atomic E-state index is 14.3. The number of fused-ring (bicyclic) bond motifs is 1. The second-order valence-corrected chi connectivity index (χ2v) is 10.7. The summed E-state index contributed by atoms with van der Waals surface area (Å²) in [4.78, 5) is 19.2. The summed E-state index contributed by atoms with van der Waals surface area (Å²) in [5, 5.41) is 29.1. The van der Waals surface area contributed by atoms with Crippen LogP contribution in [0.25, 0.3) is 16.9 Å². The first-order chi connectivity index (χ1) is 19.4. The van der Waals surface area contributed by atoms with Crippen LogP contribution in [-0.2, 0) is 6.54 Å². The fraction of sp³-hybridized carbons (Fsp3) is 0.310. The highest BCUT2D eigenvalue weighted by molar-refractivity contribution is 6.00. The fourth-order valence-electron chi connectivity index (χ4n) is 4.49. The Morgan fingerprint density at radius 2 is 1.90 bits per heavy atom. The van der Waals surface area contributed by atoms with E-state index in [0.29, 0.717) is 40.4 Å².